The number of halogens is 1. The monoisotopic (exact) mass is 515 g/mol. The third-order valence-corrected chi connectivity index (χ3v) is 5.38. The number of carbonyl (C=O) groups excluding carboxylic acids is 1. The van der Waals surface area contributed by atoms with Crippen LogP contribution in [0.4, 0.5) is 0 Å². The molecular formula is C22H38IN5O. The molecule has 0 radical (unpaired) electrons. The molecular weight excluding hydrogens is 477 g/mol. The van der Waals surface area contributed by atoms with Crippen molar-refractivity contribution in [2.45, 2.75) is 45.4 Å². The molecule has 1 aliphatic heterocycles. The van der Waals surface area contributed by atoms with Gasteiger partial charge in [0.05, 0.1) is 12.5 Å². The van der Waals surface area contributed by atoms with Crippen molar-refractivity contribution in [1.82, 2.24) is 15.5 Å². The summed E-state index contributed by atoms with van der Waals surface area (Å²) in [6.07, 6.45) is 3.00. The minimum atomic E-state index is -0.162. The van der Waals surface area contributed by atoms with Crippen molar-refractivity contribution in [3.05, 3.63) is 35.9 Å². The largest absolute Gasteiger partial charge is 0.369 e. The number of aliphatic imine (C=N–C) groups is 1. The molecule has 1 aromatic carbocycles. The van der Waals surface area contributed by atoms with Gasteiger partial charge >= 0.3 is 0 Å². The van der Waals surface area contributed by atoms with Crippen molar-refractivity contribution in [3.8, 4) is 0 Å². The maximum atomic E-state index is 11.4. The summed E-state index contributed by atoms with van der Waals surface area (Å²) < 4.78 is 0. The van der Waals surface area contributed by atoms with E-state index in [1.165, 1.54) is 5.56 Å². The number of nitrogens with two attached hydrogens (primary N) is 1. The summed E-state index contributed by atoms with van der Waals surface area (Å²) in [7, 11) is 0. The van der Waals surface area contributed by atoms with Gasteiger partial charge in [0, 0.05) is 25.0 Å². The third-order valence-electron chi connectivity index (χ3n) is 5.38. The number of hydrogen-bond donors (Lipinski definition) is 3. The molecule has 0 spiro atoms. The maximum absolute atomic E-state index is 11.4. The Morgan fingerprint density at radius 1 is 1.28 bits per heavy atom. The molecule has 6 nitrogen and oxygen atoms in total. The predicted octanol–water partition coefficient (Wildman–Crippen LogP) is 2.72. The van der Waals surface area contributed by atoms with Crippen LogP contribution in [0.25, 0.3) is 0 Å². The number of guanidine groups is 1. The highest BCUT2D eigenvalue weighted by Crippen LogP contribution is 2.23. The first-order chi connectivity index (χ1) is 13.4. The minimum absolute atomic E-state index is 0. The standard InChI is InChI=1S/C22H37N5O.HI/c1-4-24-21(26-17-22(2,3)19-11-6-5-7-12-19)25-13-9-15-27-14-8-10-18(16-27)20(23)28;/h5-7,11-12,18H,4,8-10,13-17H2,1-3H3,(H2,23,28)(H2,24,25,26);1H. The molecule has 4 N–H and O–H groups in total. The lowest BCUT2D eigenvalue weighted by atomic mass is 9.85. The fourth-order valence-electron chi connectivity index (χ4n) is 3.60. The zero-order valence-corrected chi connectivity index (χ0v) is 20.4. The number of primary amides is 1. The first-order valence-electron chi connectivity index (χ1n) is 10.5. The molecule has 1 atom stereocenters. The smallest absolute Gasteiger partial charge is 0.221 e. The quantitative estimate of drug-likeness (QED) is 0.205. The van der Waals surface area contributed by atoms with Gasteiger partial charge in [-0.2, -0.15) is 0 Å². The number of nitrogens with zero attached hydrogens (tertiary/aromatic N) is 2. The highest BCUT2D eigenvalue weighted by Gasteiger charge is 2.23. The van der Waals surface area contributed by atoms with Crippen molar-refractivity contribution < 1.29 is 4.79 Å². The summed E-state index contributed by atoms with van der Waals surface area (Å²) in [6.45, 7) is 11.8. The van der Waals surface area contributed by atoms with Gasteiger partial charge in [0.2, 0.25) is 5.91 Å². The van der Waals surface area contributed by atoms with Crippen molar-refractivity contribution in [1.29, 1.82) is 0 Å². The van der Waals surface area contributed by atoms with Crippen LogP contribution >= 0.6 is 24.0 Å². The maximum Gasteiger partial charge on any atom is 0.221 e. The van der Waals surface area contributed by atoms with E-state index in [-0.39, 0.29) is 41.2 Å². The molecule has 1 saturated heterocycles. The summed E-state index contributed by atoms with van der Waals surface area (Å²) in [4.78, 5) is 18.6. The number of nitrogens with one attached hydrogen (secondary N) is 2. The Kier molecular flexibility index (Phi) is 11.6. The van der Waals surface area contributed by atoms with E-state index in [0.29, 0.717) is 0 Å². The van der Waals surface area contributed by atoms with Crippen molar-refractivity contribution in [2.75, 3.05) is 39.3 Å². The van der Waals surface area contributed by atoms with E-state index in [2.05, 4.69) is 60.6 Å². The van der Waals surface area contributed by atoms with Crippen LogP contribution in [0.3, 0.4) is 0 Å². The fourth-order valence-corrected chi connectivity index (χ4v) is 3.60. The van der Waals surface area contributed by atoms with E-state index in [1.54, 1.807) is 0 Å². The second-order valence-corrected chi connectivity index (χ2v) is 8.27. The van der Waals surface area contributed by atoms with Gasteiger partial charge in [0.15, 0.2) is 5.96 Å². The van der Waals surface area contributed by atoms with Gasteiger partial charge in [-0.1, -0.05) is 44.2 Å². The first-order valence-corrected chi connectivity index (χ1v) is 10.5. The molecule has 1 heterocycles. The lowest BCUT2D eigenvalue weighted by molar-refractivity contribution is -0.123. The number of amides is 1. The van der Waals surface area contributed by atoms with Crippen LogP contribution in [-0.2, 0) is 10.2 Å². The second kappa shape index (κ2) is 13.1. The lowest BCUT2D eigenvalue weighted by Crippen LogP contribution is -2.43. The third kappa shape index (κ3) is 8.90. The normalized spacial score (nSPS) is 18.0. The zero-order chi connectivity index (χ0) is 20.4. The molecule has 0 saturated carbocycles. The SMILES string of the molecule is CCNC(=NCC(C)(C)c1ccccc1)NCCCN1CCCC(C(N)=O)C1.I. The Labute approximate surface area is 193 Å². The number of rotatable bonds is 9. The van der Waals surface area contributed by atoms with Crippen molar-refractivity contribution >= 4 is 35.8 Å². The zero-order valence-electron chi connectivity index (χ0n) is 18.1. The van der Waals surface area contributed by atoms with E-state index >= 15 is 0 Å². The van der Waals surface area contributed by atoms with Crippen LogP contribution < -0.4 is 16.4 Å². The van der Waals surface area contributed by atoms with Crippen LogP contribution in [0.5, 0.6) is 0 Å². The minimum Gasteiger partial charge on any atom is -0.369 e. The van der Waals surface area contributed by atoms with Gasteiger partial charge < -0.3 is 21.3 Å². The van der Waals surface area contributed by atoms with Gasteiger partial charge in [0.1, 0.15) is 0 Å². The Balaban J connectivity index is 0.00000420. The summed E-state index contributed by atoms with van der Waals surface area (Å²) in [5.74, 6) is 0.714. The Morgan fingerprint density at radius 2 is 2.00 bits per heavy atom. The molecule has 0 aliphatic carbocycles. The average Bonchev–Trinajstić information content (AvgIpc) is 2.70. The highest BCUT2D eigenvalue weighted by atomic mass is 127. The van der Waals surface area contributed by atoms with Gasteiger partial charge in [-0.3, -0.25) is 9.79 Å². The van der Waals surface area contributed by atoms with Crippen molar-refractivity contribution in [3.63, 3.8) is 0 Å². The molecule has 1 unspecified atom stereocenters. The summed E-state index contributed by atoms with van der Waals surface area (Å²) in [5.41, 5.74) is 6.75. The van der Waals surface area contributed by atoms with E-state index in [9.17, 15) is 4.79 Å². The first kappa shape index (κ1) is 25.7. The topological polar surface area (TPSA) is 82.8 Å². The molecule has 1 amide bonds. The second-order valence-electron chi connectivity index (χ2n) is 8.27. The molecule has 7 heteroatoms. The number of likely N-dealkylation sites (tertiary alicyclic amines) is 1. The highest BCUT2D eigenvalue weighted by molar-refractivity contribution is 14.0. The van der Waals surface area contributed by atoms with E-state index in [4.69, 9.17) is 10.7 Å². The van der Waals surface area contributed by atoms with E-state index in [1.807, 2.05) is 6.07 Å². The summed E-state index contributed by atoms with van der Waals surface area (Å²) >= 11 is 0. The van der Waals surface area contributed by atoms with Gasteiger partial charge in [-0.05, 0) is 44.8 Å². The summed E-state index contributed by atoms with van der Waals surface area (Å²) in [5, 5.41) is 6.77. The molecule has 0 aromatic heterocycles. The molecule has 1 aliphatic rings. The average molecular weight is 515 g/mol. The van der Waals surface area contributed by atoms with Crippen LogP contribution in [0, 0.1) is 5.92 Å². The van der Waals surface area contributed by atoms with E-state index in [0.717, 1.165) is 64.5 Å². The van der Waals surface area contributed by atoms with Gasteiger partial charge in [-0.15, -0.1) is 24.0 Å². The molecule has 2 rings (SSSR count). The number of piperidine rings is 1. The molecule has 1 fully saturated rings. The molecule has 0 bridgehead atoms. The fraction of sp³-hybridized carbons (Fsp3) is 0.636. The molecule has 29 heavy (non-hydrogen) atoms. The molecule has 164 valence electrons. The van der Waals surface area contributed by atoms with Gasteiger partial charge in [-0.25, -0.2) is 0 Å². The lowest BCUT2D eigenvalue weighted by Gasteiger charge is -2.31. The van der Waals surface area contributed by atoms with Crippen LogP contribution in [0.2, 0.25) is 0 Å². The van der Waals surface area contributed by atoms with Gasteiger partial charge in [0.25, 0.3) is 0 Å². The summed E-state index contributed by atoms with van der Waals surface area (Å²) in [6, 6.07) is 10.5. The van der Waals surface area contributed by atoms with Crippen LogP contribution in [-0.4, -0.2) is 56.0 Å². The Morgan fingerprint density at radius 3 is 2.66 bits per heavy atom. The number of benzene rings is 1. The number of hydrogen-bond acceptors (Lipinski definition) is 3. The predicted molar refractivity (Wildman–Crippen MR) is 132 cm³/mol. The van der Waals surface area contributed by atoms with Crippen LogP contribution in [0.1, 0.15) is 45.6 Å². The Hall–Kier alpha value is -1.35. The van der Waals surface area contributed by atoms with Crippen LogP contribution in [0.15, 0.2) is 35.3 Å². The Bertz CT molecular complexity index is 635. The number of carbonyl (C=O) groups is 1. The van der Waals surface area contributed by atoms with E-state index < -0.39 is 0 Å². The van der Waals surface area contributed by atoms with Crippen molar-refractivity contribution in [2.24, 2.45) is 16.6 Å². The molecule has 1 aromatic rings.